The SMILES string of the molecule is O=C(Nc1cnccn1)N(Cc1ccccc1)c1ccccc1. The summed E-state index contributed by atoms with van der Waals surface area (Å²) in [7, 11) is 0. The third-order valence-corrected chi connectivity index (χ3v) is 3.29. The van der Waals surface area contributed by atoms with Crippen molar-refractivity contribution in [3.63, 3.8) is 0 Å². The van der Waals surface area contributed by atoms with Gasteiger partial charge in [0.15, 0.2) is 5.82 Å². The van der Waals surface area contributed by atoms with Gasteiger partial charge in [0, 0.05) is 18.1 Å². The lowest BCUT2D eigenvalue weighted by atomic mass is 10.2. The Bertz CT molecular complexity index is 748. The second-order valence-electron chi connectivity index (χ2n) is 4.93. The first kappa shape index (κ1) is 14.7. The van der Waals surface area contributed by atoms with Crippen molar-refractivity contribution >= 4 is 17.5 Å². The molecule has 3 aromatic rings. The van der Waals surface area contributed by atoms with E-state index in [4.69, 9.17) is 0 Å². The maximum Gasteiger partial charge on any atom is 0.327 e. The molecule has 0 unspecified atom stereocenters. The highest BCUT2D eigenvalue weighted by molar-refractivity contribution is 6.01. The fourth-order valence-electron chi connectivity index (χ4n) is 2.19. The lowest BCUT2D eigenvalue weighted by molar-refractivity contribution is 0.256. The van der Waals surface area contributed by atoms with Gasteiger partial charge >= 0.3 is 6.03 Å². The van der Waals surface area contributed by atoms with Crippen LogP contribution in [-0.4, -0.2) is 16.0 Å². The summed E-state index contributed by atoms with van der Waals surface area (Å²) in [6.07, 6.45) is 4.62. The first-order valence-electron chi connectivity index (χ1n) is 7.26. The van der Waals surface area contributed by atoms with E-state index in [0.29, 0.717) is 12.4 Å². The van der Waals surface area contributed by atoms with Crippen LogP contribution in [-0.2, 0) is 6.54 Å². The molecule has 0 saturated carbocycles. The largest absolute Gasteiger partial charge is 0.327 e. The minimum Gasteiger partial charge on any atom is -0.291 e. The van der Waals surface area contributed by atoms with E-state index in [1.54, 1.807) is 17.3 Å². The van der Waals surface area contributed by atoms with Crippen molar-refractivity contribution in [3.05, 3.63) is 84.8 Å². The normalized spacial score (nSPS) is 10.1. The molecule has 2 aromatic carbocycles. The van der Waals surface area contributed by atoms with Crippen LogP contribution in [0.3, 0.4) is 0 Å². The molecule has 0 spiro atoms. The molecule has 3 rings (SSSR count). The zero-order valence-electron chi connectivity index (χ0n) is 12.5. The summed E-state index contributed by atoms with van der Waals surface area (Å²) < 4.78 is 0. The Kier molecular flexibility index (Phi) is 4.59. The van der Waals surface area contributed by atoms with Gasteiger partial charge in [-0.05, 0) is 17.7 Å². The van der Waals surface area contributed by atoms with Gasteiger partial charge < -0.3 is 0 Å². The van der Waals surface area contributed by atoms with E-state index in [1.165, 1.54) is 6.20 Å². The predicted octanol–water partition coefficient (Wildman–Crippen LogP) is 3.72. The molecule has 2 amide bonds. The number of anilines is 2. The number of nitrogens with zero attached hydrogens (tertiary/aromatic N) is 3. The number of nitrogens with one attached hydrogen (secondary N) is 1. The summed E-state index contributed by atoms with van der Waals surface area (Å²) in [6, 6.07) is 19.1. The van der Waals surface area contributed by atoms with Crippen molar-refractivity contribution in [3.8, 4) is 0 Å². The van der Waals surface area contributed by atoms with Crippen molar-refractivity contribution in [1.29, 1.82) is 0 Å². The molecular formula is C18H16N4O. The number of para-hydroxylation sites is 1. The summed E-state index contributed by atoms with van der Waals surface area (Å²) in [5.74, 6) is 0.423. The number of hydrogen-bond donors (Lipinski definition) is 1. The van der Waals surface area contributed by atoms with E-state index in [1.807, 2.05) is 60.7 Å². The van der Waals surface area contributed by atoms with Crippen molar-refractivity contribution in [2.75, 3.05) is 10.2 Å². The van der Waals surface area contributed by atoms with Gasteiger partial charge in [0.05, 0.1) is 12.7 Å². The van der Waals surface area contributed by atoms with Crippen LogP contribution in [0.25, 0.3) is 0 Å². The van der Waals surface area contributed by atoms with Crippen LogP contribution in [0.15, 0.2) is 79.3 Å². The highest BCUT2D eigenvalue weighted by Gasteiger charge is 2.16. The van der Waals surface area contributed by atoms with Crippen LogP contribution >= 0.6 is 0 Å². The highest BCUT2D eigenvalue weighted by atomic mass is 16.2. The number of aromatic nitrogens is 2. The third-order valence-electron chi connectivity index (χ3n) is 3.29. The average Bonchev–Trinajstić information content (AvgIpc) is 2.62. The summed E-state index contributed by atoms with van der Waals surface area (Å²) in [5, 5.41) is 2.77. The minimum atomic E-state index is -0.249. The van der Waals surface area contributed by atoms with Crippen molar-refractivity contribution in [1.82, 2.24) is 9.97 Å². The predicted molar refractivity (Wildman–Crippen MR) is 90.1 cm³/mol. The van der Waals surface area contributed by atoms with E-state index in [0.717, 1.165) is 11.3 Å². The van der Waals surface area contributed by atoms with Gasteiger partial charge in [0.1, 0.15) is 0 Å². The maximum atomic E-state index is 12.7. The van der Waals surface area contributed by atoms with Crippen LogP contribution < -0.4 is 10.2 Å². The molecule has 0 aliphatic heterocycles. The van der Waals surface area contributed by atoms with E-state index >= 15 is 0 Å². The smallest absolute Gasteiger partial charge is 0.291 e. The minimum absolute atomic E-state index is 0.249. The lowest BCUT2D eigenvalue weighted by Crippen LogP contribution is -2.34. The third kappa shape index (κ3) is 3.91. The average molecular weight is 304 g/mol. The molecule has 0 aliphatic rings. The van der Waals surface area contributed by atoms with Crippen molar-refractivity contribution < 1.29 is 4.79 Å². The molecule has 0 fully saturated rings. The van der Waals surface area contributed by atoms with Crippen LogP contribution in [0, 0.1) is 0 Å². The van der Waals surface area contributed by atoms with Gasteiger partial charge in [-0.2, -0.15) is 0 Å². The quantitative estimate of drug-likeness (QED) is 0.799. The van der Waals surface area contributed by atoms with E-state index in [2.05, 4.69) is 15.3 Å². The first-order valence-corrected chi connectivity index (χ1v) is 7.26. The number of urea groups is 1. The molecule has 1 aromatic heterocycles. The van der Waals surface area contributed by atoms with Crippen LogP contribution in [0.5, 0.6) is 0 Å². The molecule has 1 heterocycles. The van der Waals surface area contributed by atoms with Gasteiger partial charge in [-0.25, -0.2) is 9.78 Å². The van der Waals surface area contributed by atoms with Gasteiger partial charge in [-0.1, -0.05) is 48.5 Å². The van der Waals surface area contributed by atoms with E-state index < -0.39 is 0 Å². The summed E-state index contributed by atoms with van der Waals surface area (Å²) in [6.45, 7) is 0.469. The molecule has 23 heavy (non-hydrogen) atoms. The Labute approximate surface area is 134 Å². The van der Waals surface area contributed by atoms with Gasteiger partial charge in [0.2, 0.25) is 0 Å². The summed E-state index contributed by atoms with van der Waals surface area (Å²) in [4.78, 5) is 22.4. The number of amides is 2. The van der Waals surface area contributed by atoms with Crippen LogP contribution in [0.4, 0.5) is 16.3 Å². The lowest BCUT2D eigenvalue weighted by Gasteiger charge is -2.23. The van der Waals surface area contributed by atoms with Gasteiger partial charge in [-0.15, -0.1) is 0 Å². The molecular weight excluding hydrogens is 288 g/mol. The van der Waals surface area contributed by atoms with Crippen molar-refractivity contribution in [2.24, 2.45) is 0 Å². The topological polar surface area (TPSA) is 58.1 Å². The monoisotopic (exact) mass is 304 g/mol. The van der Waals surface area contributed by atoms with E-state index in [-0.39, 0.29) is 6.03 Å². The molecule has 5 nitrogen and oxygen atoms in total. The summed E-state index contributed by atoms with van der Waals surface area (Å²) in [5.41, 5.74) is 1.86. The molecule has 0 radical (unpaired) electrons. The fourth-order valence-corrected chi connectivity index (χ4v) is 2.19. The van der Waals surface area contributed by atoms with Crippen LogP contribution in [0.1, 0.15) is 5.56 Å². The Balaban J connectivity index is 1.84. The Morgan fingerprint density at radius 2 is 1.65 bits per heavy atom. The second kappa shape index (κ2) is 7.17. The Hall–Kier alpha value is -3.21. The zero-order chi connectivity index (χ0) is 15.9. The standard InChI is InChI=1S/C18H16N4O/c23-18(21-17-13-19-11-12-20-17)22(16-9-5-2-6-10-16)14-15-7-3-1-4-8-15/h1-13H,14H2,(H,20,21,23). The van der Waals surface area contributed by atoms with E-state index in [9.17, 15) is 4.79 Å². The molecule has 114 valence electrons. The number of carbonyl (C=O) groups is 1. The first-order chi connectivity index (χ1) is 11.3. The maximum absolute atomic E-state index is 12.7. The Morgan fingerprint density at radius 3 is 2.30 bits per heavy atom. The number of rotatable bonds is 4. The summed E-state index contributed by atoms with van der Waals surface area (Å²) >= 11 is 0. The number of carbonyl (C=O) groups excluding carboxylic acids is 1. The molecule has 0 atom stereocenters. The van der Waals surface area contributed by atoms with Gasteiger partial charge in [0.25, 0.3) is 0 Å². The van der Waals surface area contributed by atoms with Gasteiger partial charge in [-0.3, -0.25) is 15.2 Å². The highest BCUT2D eigenvalue weighted by Crippen LogP contribution is 2.18. The Morgan fingerprint density at radius 1 is 0.957 bits per heavy atom. The zero-order valence-corrected chi connectivity index (χ0v) is 12.5. The molecule has 0 aliphatic carbocycles. The number of benzene rings is 2. The molecule has 5 heteroatoms. The molecule has 1 N–H and O–H groups in total. The van der Waals surface area contributed by atoms with Crippen LogP contribution in [0.2, 0.25) is 0 Å². The molecule has 0 bridgehead atoms. The fraction of sp³-hybridized carbons (Fsp3) is 0.0556. The molecule has 0 saturated heterocycles. The second-order valence-corrected chi connectivity index (χ2v) is 4.93. The number of hydrogen-bond acceptors (Lipinski definition) is 3. The van der Waals surface area contributed by atoms with Crippen molar-refractivity contribution in [2.45, 2.75) is 6.54 Å².